The molecule has 8 atom stereocenters. The van der Waals surface area contributed by atoms with E-state index in [9.17, 15) is 4.79 Å². The zero-order valence-electron chi connectivity index (χ0n) is 22.0. The normalized spacial score (nSPS) is 42.0. The van der Waals surface area contributed by atoms with Crippen LogP contribution in [-0.4, -0.2) is 24.8 Å². The summed E-state index contributed by atoms with van der Waals surface area (Å²) in [6.07, 6.45) is 15.9. The largest absolute Gasteiger partial charge is 0.465 e. The van der Waals surface area contributed by atoms with Crippen LogP contribution < -0.4 is 0 Å². The maximum Gasteiger partial charge on any atom is 0.309 e. The lowest BCUT2D eigenvalue weighted by Gasteiger charge is -2.54. The van der Waals surface area contributed by atoms with Gasteiger partial charge in [-0.15, -0.1) is 0 Å². The Labute approximate surface area is 198 Å². The number of ether oxygens (including phenoxy) is 1. The van der Waals surface area contributed by atoms with Gasteiger partial charge in [-0.05, 0) is 91.3 Å². The summed E-state index contributed by atoms with van der Waals surface area (Å²) in [6, 6.07) is 0. The van der Waals surface area contributed by atoms with Crippen LogP contribution in [0.2, 0.25) is 0 Å². The summed E-state index contributed by atoms with van der Waals surface area (Å²) >= 11 is 0. The van der Waals surface area contributed by atoms with Crippen molar-refractivity contribution in [3.05, 3.63) is 0 Å². The third-order valence-electron chi connectivity index (χ3n) is 11.0. The highest BCUT2D eigenvalue weighted by Crippen LogP contribution is 2.65. The number of fused-ring (bicyclic) bond motifs is 5. The quantitative estimate of drug-likeness (QED) is 0.435. The van der Waals surface area contributed by atoms with Crippen molar-refractivity contribution in [3.8, 4) is 0 Å². The number of carbonyl (C=O) groups is 1. The van der Waals surface area contributed by atoms with E-state index < -0.39 is 0 Å². The fourth-order valence-electron chi connectivity index (χ4n) is 9.03. The molecule has 4 fully saturated rings. The summed E-state index contributed by atoms with van der Waals surface area (Å²) in [5.41, 5.74) is 0.680. The molecular weight excluding hydrogens is 396 g/mol. The fourth-order valence-corrected chi connectivity index (χ4v) is 9.03. The SMILES string of the molecule is CCC(CCCC1CCC2C3COC(=O)C4CCCCC4(C)C3CCC12C)C(C)C.CO. The molecule has 0 aromatic carbocycles. The highest BCUT2D eigenvalue weighted by Gasteiger charge is 2.60. The number of hydrogen-bond acceptors (Lipinski definition) is 3. The average Bonchev–Trinajstić information content (AvgIpc) is 3.06. The average molecular weight is 449 g/mol. The fraction of sp³-hybridized carbons (Fsp3) is 0.966. The zero-order valence-corrected chi connectivity index (χ0v) is 22.0. The molecule has 1 aliphatic heterocycles. The lowest BCUT2D eigenvalue weighted by Crippen LogP contribution is -2.49. The summed E-state index contributed by atoms with van der Waals surface area (Å²) in [6.45, 7) is 13.0. The second kappa shape index (κ2) is 10.8. The van der Waals surface area contributed by atoms with Gasteiger partial charge < -0.3 is 9.84 Å². The summed E-state index contributed by atoms with van der Waals surface area (Å²) in [4.78, 5) is 12.9. The lowest BCUT2D eigenvalue weighted by atomic mass is 9.49. The van der Waals surface area contributed by atoms with Crippen molar-refractivity contribution in [2.45, 2.75) is 112 Å². The minimum Gasteiger partial charge on any atom is -0.465 e. The van der Waals surface area contributed by atoms with Crippen LogP contribution in [0, 0.1) is 52.3 Å². The minimum atomic E-state index is 0.141. The molecular formula is C29H52O3. The maximum absolute atomic E-state index is 12.9. The van der Waals surface area contributed by atoms with Gasteiger partial charge in [0, 0.05) is 7.11 Å². The molecule has 4 rings (SSSR count). The molecule has 32 heavy (non-hydrogen) atoms. The van der Waals surface area contributed by atoms with Crippen molar-refractivity contribution < 1.29 is 14.6 Å². The lowest BCUT2D eigenvalue weighted by molar-refractivity contribution is -0.153. The van der Waals surface area contributed by atoms with E-state index in [4.69, 9.17) is 9.84 Å². The number of aliphatic hydroxyl groups excluding tert-OH is 1. The van der Waals surface area contributed by atoms with Crippen LogP contribution in [0.4, 0.5) is 0 Å². The van der Waals surface area contributed by atoms with Crippen molar-refractivity contribution in [2.75, 3.05) is 13.7 Å². The van der Waals surface area contributed by atoms with Gasteiger partial charge in [0.1, 0.15) is 0 Å². The molecule has 3 nitrogen and oxygen atoms in total. The Balaban J connectivity index is 0.00000141. The molecule has 1 N–H and O–H groups in total. The van der Waals surface area contributed by atoms with Gasteiger partial charge in [-0.2, -0.15) is 0 Å². The van der Waals surface area contributed by atoms with E-state index >= 15 is 0 Å². The first-order valence-corrected chi connectivity index (χ1v) is 13.9. The number of esters is 1. The number of cyclic esters (lactones) is 1. The Morgan fingerprint density at radius 3 is 2.41 bits per heavy atom. The number of hydrogen-bond donors (Lipinski definition) is 1. The van der Waals surface area contributed by atoms with Crippen molar-refractivity contribution in [1.82, 2.24) is 0 Å². The van der Waals surface area contributed by atoms with E-state index in [0.29, 0.717) is 23.9 Å². The Kier molecular flexibility index (Phi) is 8.78. The molecule has 3 saturated carbocycles. The maximum atomic E-state index is 12.9. The summed E-state index contributed by atoms with van der Waals surface area (Å²) in [5, 5.41) is 7.00. The third-order valence-corrected chi connectivity index (χ3v) is 11.0. The molecule has 3 aliphatic carbocycles. The number of carbonyl (C=O) groups excluding carboxylic acids is 1. The first-order chi connectivity index (χ1) is 15.3. The van der Waals surface area contributed by atoms with Crippen LogP contribution in [0.25, 0.3) is 0 Å². The van der Waals surface area contributed by atoms with Crippen LogP contribution in [0.15, 0.2) is 0 Å². The van der Waals surface area contributed by atoms with Gasteiger partial charge >= 0.3 is 5.97 Å². The summed E-state index contributed by atoms with van der Waals surface area (Å²) < 4.78 is 6.01. The highest BCUT2D eigenvalue weighted by molar-refractivity contribution is 5.74. The number of aliphatic hydroxyl groups is 1. The van der Waals surface area contributed by atoms with Gasteiger partial charge in [0.15, 0.2) is 0 Å². The van der Waals surface area contributed by atoms with Crippen molar-refractivity contribution in [2.24, 2.45) is 52.3 Å². The van der Waals surface area contributed by atoms with E-state index in [-0.39, 0.29) is 17.3 Å². The molecule has 8 unspecified atom stereocenters. The van der Waals surface area contributed by atoms with E-state index in [1.165, 1.54) is 70.6 Å². The van der Waals surface area contributed by atoms with Crippen molar-refractivity contribution >= 4 is 5.97 Å². The topological polar surface area (TPSA) is 46.5 Å². The van der Waals surface area contributed by atoms with Crippen molar-refractivity contribution in [3.63, 3.8) is 0 Å². The van der Waals surface area contributed by atoms with Crippen LogP contribution in [0.3, 0.4) is 0 Å². The molecule has 0 bridgehead atoms. The van der Waals surface area contributed by atoms with E-state index in [1.807, 2.05) is 0 Å². The predicted octanol–water partition coefficient (Wildman–Crippen LogP) is 7.26. The molecule has 3 heteroatoms. The standard InChI is InChI=1S/C28H48O2.CH4O/c1-6-20(19(2)3)10-9-11-21-13-14-23-22-18-30-26(29)25-12-7-8-16-28(25,5)24(22)15-17-27(21,23)4;1-2/h19-25H,6-18H2,1-5H3;2H,1H3. The smallest absolute Gasteiger partial charge is 0.309 e. The number of rotatable bonds is 6. The van der Waals surface area contributed by atoms with Crippen molar-refractivity contribution in [1.29, 1.82) is 0 Å². The first-order valence-electron chi connectivity index (χ1n) is 13.9. The Hall–Kier alpha value is -0.570. The molecule has 1 saturated heterocycles. The van der Waals surface area contributed by atoms with E-state index in [0.717, 1.165) is 37.2 Å². The van der Waals surface area contributed by atoms with E-state index in [2.05, 4.69) is 34.6 Å². The Morgan fingerprint density at radius 1 is 1.00 bits per heavy atom. The van der Waals surface area contributed by atoms with Crippen LogP contribution >= 0.6 is 0 Å². The molecule has 0 aromatic heterocycles. The predicted molar refractivity (Wildman–Crippen MR) is 132 cm³/mol. The molecule has 4 aliphatic rings. The summed E-state index contributed by atoms with van der Waals surface area (Å²) in [7, 11) is 1.00. The van der Waals surface area contributed by atoms with Gasteiger partial charge in [0.2, 0.25) is 0 Å². The second-order valence-electron chi connectivity index (χ2n) is 12.5. The van der Waals surface area contributed by atoms with Gasteiger partial charge in [-0.1, -0.05) is 66.7 Å². The third kappa shape index (κ3) is 4.66. The molecule has 0 aromatic rings. The molecule has 1 heterocycles. The zero-order chi connectivity index (χ0) is 23.5. The van der Waals surface area contributed by atoms with Crippen LogP contribution in [0.1, 0.15) is 112 Å². The molecule has 0 radical (unpaired) electrons. The van der Waals surface area contributed by atoms with Crippen LogP contribution in [0.5, 0.6) is 0 Å². The van der Waals surface area contributed by atoms with Gasteiger partial charge in [0.05, 0.1) is 12.5 Å². The molecule has 0 spiro atoms. The Bertz CT molecular complexity index is 616. The first kappa shape index (κ1) is 26.0. The molecule has 0 amide bonds. The van der Waals surface area contributed by atoms with Crippen LogP contribution in [-0.2, 0) is 9.53 Å². The highest BCUT2D eigenvalue weighted by atomic mass is 16.5. The minimum absolute atomic E-state index is 0.141. The van der Waals surface area contributed by atoms with Gasteiger partial charge in [-0.3, -0.25) is 4.79 Å². The van der Waals surface area contributed by atoms with Gasteiger partial charge in [0.25, 0.3) is 0 Å². The van der Waals surface area contributed by atoms with Gasteiger partial charge in [-0.25, -0.2) is 0 Å². The second-order valence-corrected chi connectivity index (χ2v) is 12.5. The van der Waals surface area contributed by atoms with E-state index in [1.54, 1.807) is 0 Å². The summed E-state index contributed by atoms with van der Waals surface area (Å²) in [5.74, 6) is 5.02. The Morgan fingerprint density at radius 2 is 1.72 bits per heavy atom. The monoisotopic (exact) mass is 448 g/mol. The molecule has 186 valence electrons.